The van der Waals surface area contributed by atoms with Gasteiger partial charge in [0, 0.05) is 4.47 Å². The second kappa shape index (κ2) is 6.02. The van der Waals surface area contributed by atoms with Gasteiger partial charge in [-0.2, -0.15) is 0 Å². The average Bonchev–Trinajstić information content (AvgIpc) is 2.82. The SMILES string of the molecule is O=C(Cn1cc(C(=O)O)nn1)Nc1cc(Br)ccc1Cl. The zero-order valence-corrected chi connectivity index (χ0v) is 12.2. The summed E-state index contributed by atoms with van der Waals surface area (Å²) in [5, 5.41) is 18.6. The molecule has 0 saturated carbocycles. The zero-order valence-electron chi connectivity index (χ0n) is 9.88. The Kier molecular flexibility index (Phi) is 4.35. The molecular formula is C11H8BrClN4O3. The maximum absolute atomic E-state index is 11.8. The minimum absolute atomic E-state index is 0.164. The molecule has 1 heterocycles. The first kappa shape index (κ1) is 14.5. The number of halogens is 2. The number of carbonyl (C=O) groups excluding carboxylic acids is 1. The van der Waals surface area contributed by atoms with Crippen LogP contribution in [0.2, 0.25) is 5.02 Å². The molecule has 0 aliphatic carbocycles. The van der Waals surface area contributed by atoms with E-state index in [1.54, 1.807) is 18.2 Å². The molecule has 0 spiro atoms. The number of hydrogen-bond donors (Lipinski definition) is 2. The number of carboxylic acids is 1. The van der Waals surface area contributed by atoms with Crippen molar-refractivity contribution in [3.63, 3.8) is 0 Å². The number of nitrogens with zero attached hydrogens (tertiary/aromatic N) is 3. The van der Waals surface area contributed by atoms with Gasteiger partial charge in [0.05, 0.1) is 16.9 Å². The molecule has 9 heteroatoms. The molecule has 0 bridgehead atoms. The minimum atomic E-state index is -1.20. The number of aromatic carboxylic acids is 1. The summed E-state index contributed by atoms with van der Waals surface area (Å²) < 4.78 is 1.90. The highest BCUT2D eigenvalue weighted by Crippen LogP contribution is 2.25. The number of anilines is 1. The quantitative estimate of drug-likeness (QED) is 0.870. The van der Waals surface area contributed by atoms with Crippen molar-refractivity contribution in [2.45, 2.75) is 6.54 Å². The molecule has 1 aromatic heterocycles. The van der Waals surface area contributed by atoms with Gasteiger partial charge in [-0.05, 0) is 18.2 Å². The Morgan fingerprint density at radius 3 is 2.85 bits per heavy atom. The van der Waals surface area contributed by atoms with E-state index in [0.29, 0.717) is 10.7 Å². The molecule has 1 amide bonds. The number of aromatic nitrogens is 3. The first-order valence-electron chi connectivity index (χ1n) is 5.34. The van der Waals surface area contributed by atoms with Crippen LogP contribution in [0.1, 0.15) is 10.5 Å². The van der Waals surface area contributed by atoms with Crippen LogP contribution < -0.4 is 5.32 Å². The van der Waals surface area contributed by atoms with Gasteiger partial charge in [0.2, 0.25) is 5.91 Å². The van der Waals surface area contributed by atoms with E-state index in [9.17, 15) is 9.59 Å². The van der Waals surface area contributed by atoms with Crippen LogP contribution in [0.5, 0.6) is 0 Å². The molecular weight excluding hydrogens is 352 g/mol. The zero-order chi connectivity index (χ0) is 14.7. The molecule has 1 aromatic carbocycles. The Balaban J connectivity index is 2.05. The molecule has 2 rings (SSSR count). The smallest absolute Gasteiger partial charge is 0.358 e. The van der Waals surface area contributed by atoms with Gasteiger partial charge in [0.15, 0.2) is 5.69 Å². The molecule has 2 N–H and O–H groups in total. The standard InChI is InChI=1S/C11H8BrClN4O3/c12-6-1-2-7(13)8(3-6)14-10(18)5-17-4-9(11(19)20)15-16-17/h1-4H,5H2,(H,14,18)(H,19,20). The van der Waals surface area contributed by atoms with Gasteiger partial charge in [-0.25, -0.2) is 9.48 Å². The number of benzene rings is 1. The predicted octanol–water partition coefficient (Wildman–Crippen LogP) is 2.03. The van der Waals surface area contributed by atoms with Crippen LogP contribution in [0.25, 0.3) is 0 Å². The van der Waals surface area contributed by atoms with Crippen molar-refractivity contribution in [3.05, 3.63) is 39.6 Å². The lowest BCUT2D eigenvalue weighted by Crippen LogP contribution is -2.19. The third-order valence-corrected chi connectivity index (χ3v) is 3.09. The first-order chi connectivity index (χ1) is 9.45. The molecule has 0 saturated heterocycles. The van der Waals surface area contributed by atoms with Crippen molar-refractivity contribution in [2.24, 2.45) is 0 Å². The van der Waals surface area contributed by atoms with Crippen molar-refractivity contribution < 1.29 is 14.7 Å². The Hall–Kier alpha value is -1.93. The van der Waals surface area contributed by atoms with Gasteiger partial charge in [-0.3, -0.25) is 4.79 Å². The number of hydrogen-bond acceptors (Lipinski definition) is 4. The van der Waals surface area contributed by atoms with E-state index in [0.717, 1.165) is 9.15 Å². The fourth-order valence-corrected chi connectivity index (χ4v) is 1.93. The van der Waals surface area contributed by atoms with Crippen molar-refractivity contribution in [3.8, 4) is 0 Å². The van der Waals surface area contributed by atoms with Crippen molar-refractivity contribution in [1.82, 2.24) is 15.0 Å². The van der Waals surface area contributed by atoms with Gasteiger partial charge < -0.3 is 10.4 Å². The second-order valence-corrected chi connectivity index (χ2v) is 5.10. The number of amides is 1. The normalized spacial score (nSPS) is 10.3. The van der Waals surface area contributed by atoms with Gasteiger partial charge in [-0.1, -0.05) is 32.7 Å². The van der Waals surface area contributed by atoms with Crippen LogP contribution in [0, 0.1) is 0 Å². The molecule has 0 aliphatic heterocycles. The summed E-state index contributed by atoms with van der Waals surface area (Å²) in [6.07, 6.45) is 1.17. The Morgan fingerprint density at radius 2 is 2.20 bits per heavy atom. The number of nitrogens with one attached hydrogen (secondary N) is 1. The summed E-state index contributed by atoms with van der Waals surface area (Å²) in [7, 11) is 0. The van der Waals surface area contributed by atoms with Gasteiger partial charge in [0.25, 0.3) is 0 Å². The maximum atomic E-state index is 11.8. The van der Waals surface area contributed by atoms with Gasteiger partial charge in [-0.15, -0.1) is 5.10 Å². The van der Waals surface area contributed by atoms with Crippen LogP contribution in [-0.2, 0) is 11.3 Å². The van der Waals surface area contributed by atoms with Crippen LogP contribution >= 0.6 is 27.5 Å². The fourth-order valence-electron chi connectivity index (χ4n) is 1.40. The van der Waals surface area contributed by atoms with Crippen molar-refractivity contribution in [2.75, 3.05) is 5.32 Å². The van der Waals surface area contributed by atoms with Gasteiger partial charge >= 0.3 is 5.97 Å². The maximum Gasteiger partial charge on any atom is 0.358 e. The molecule has 0 unspecified atom stereocenters. The van der Waals surface area contributed by atoms with Crippen LogP contribution in [-0.4, -0.2) is 32.0 Å². The summed E-state index contributed by atoms with van der Waals surface area (Å²) in [4.78, 5) is 22.4. The highest BCUT2D eigenvalue weighted by Gasteiger charge is 2.11. The first-order valence-corrected chi connectivity index (χ1v) is 6.51. The van der Waals surface area contributed by atoms with Crippen LogP contribution in [0.15, 0.2) is 28.9 Å². The Labute approximate surface area is 126 Å². The summed E-state index contributed by atoms with van der Waals surface area (Å²) in [6, 6.07) is 5.04. The summed E-state index contributed by atoms with van der Waals surface area (Å²) in [6.45, 7) is -0.164. The van der Waals surface area contributed by atoms with Crippen LogP contribution in [0.4, 0.5) is 5.69 Å². The topological polar surface area (TPSA) is 97.1 Å². The summed E-state index contributed by atoms with van der Waals surface area (Å²) >= 11 is 9.21. The summed E-state index contributed by atoms with van der Waals surface area (Å²) in [5.74, 6) is -1.60. The molecule has 0 radical (unpaired) electrons. The lowest BCUT2D eigenvalue weighted by atomic mass is 10.3. The van der Waals surface area contributed by atoms with E-state index >= 15 is 0 Å². The second-order valence-electron chi connectivity index (χ2n) is 3.78. The predicted molar refractivity (Wildman–Crippen MR) is 74.8 cm³/mol. The highest BCUT2D eigenvalue weighted by molar-refractivity contribution is 9.10. The van der Waals surface area contributed by atoms with E-state index in [2.05, 4.69) is 31.6 Å². The third-order valence-electron chi connectivity index (χ3n) is 2.27. The lowest BCUT2D eigenvalue weighted by molar-refractivity contribution is -0.116. The number of carbonyl (C=O) groups is 2. The largest absolute Gasteiger partial charge is 0.476 e. The molecule has 2 aromatic rings. The Morgan fingerprint density at radius 1 is 1.45 bits per heavy atom. The average molecular weight is 360 g/mol. The number of carboxylic acid groups (broad SMARTS) is 1. The minimum Gasteiger partial charge on any atom is -0.476 e. The number of rotatable bonds is 4. The van der Waals surface area contributed by atoms with E-state index in [4.69, 9.17) is 16.7 Å². The highest BCUT2D eigenvalue weighted by atomic mass is 79.9. The third kappa shape index (κ3) is 3.55. The van der Waals surface area contributed by atoms with E-state index in [1.165, 1.54) is 6.20 Å². The van der Waals surface area contributed by atoms with Crippen LogP contribution in [0.3, 0.4) is 0 Å². The van der Waals surface area contributed by atoms with E-state index in [-0.39, 0.29) is 12.2 Å². The molecule has 0 fully saturated rings. The molecule has 0 atom stereocenters. The Bertz CT molecular complexity index is 673. The van der Waals surface area contributed by atoms with E-state index in [1.807, 2.05) is 0 Å². The monoisotopic (exact) mass is 358 g/mol. The van der Waals surface area contributed by atoms with Crippen molar-refractivity contribution >= 4 is 45.1 Å². The lowest BCUT2D eigenvalue weighted by Gasteiger charge is -2.07. The van der Waals surface area contributed by atoms with Gasteiger partial charge in [0.1, 0.15) is 6.54 Å². The molecule has 7 nitrogen and oxygen atoms in total. The molecule has 20 heavy (non-hydrogen) atoms. The fraction of sp³-hybridized carbons (Fsp3) is 0.0909. The molecule has 0 aliphatic rings. The summed E-state index contributed by atoms with van der Waals surface area (Å²) in [5.41, 5.74) is 0.225. The molecule has 104 valence electrons. The van der Waals surface area contributed by atoms with Crippen molar-refractivity contribution in [1.29, 1.82) is 0 Å². The van der Waals surface area contributed by atoms with E-state index < -0.39 is 11.9 Å².